The van der Waals surface area contributed by atoms with Gasteiger partial charge in [-0.3, -0.25) is 10.1 Å². The lowest BCUT2D eigenvalue weighted by atomic mass is 9.98. The Hall–Kier alpha value is -3.44. The molecular weight excluding hydrogens is 388 g/mol. The molecule has 0 bridgehead atoms. The van der Waals surface area contributed by atoms with Gasteiger partial charge in [0.1, 0.15) is 6.61 Å². The molecule has 0 aromatic heterocycles. The van der Waals surface area contributed by atoms with E-state index < -0.39 is 12.1 Å². The zero-order chi connectivity index (χ0) is 21.6. The van der Waals surface area contributed by atoms with Gasteiger partial charge in [-0.15, -0.1) is 0 Å². The summed E-state index contributed by atoms with van der Waals surface area (Å²) in [5, 5.41) is 5.57. The molecule has 0 heterocycles. The Kier molecular flexibility index (Phi) is 6.43. The molecule has 0 spiro atoms. The summed E-state index contributed by atoms with van der Waals surface area (Å²) < 4.78 is 5.47. The summed E-state index contributed by atoms with van der Waals surface area (Å²) in [4.78, 5) is 24.9. The molecule has 0 saturated carbocycles. The summed E-state index contributed by atoms with van der Waals surface area (Å²) in [5.41, 5.74) is 5.69. The van der Waals surface area contributed by atoms with Crippen molar-refractivity contribution in [2.45, 2.75) is 31.8 Å². The molecule has 1 aliphatic rings. The molecule has 0 aliphatic heterocycles. The maximum Gasteiger partial charge on any atom is 0.413 e. The first kappa shape index (κ1) is 20.8. The normalized spacial score (nSPS) is 13.2. The molecule has 5 nitrogen and oxygen atoms in total. The monoisotopic (exact) mass is 414 g/mol. The molecular formula is C26H26N2O3. The second-order valence-electron chi connectivity index (χ2n) is 7.64. The van der Waals surface area contributed by atoms with Gasteiger partial charge in [-0.2, -0.15) is 0 Å². The molecule has 158 valence electrons. The zero-order valence-electron chi connectivity index (χ0n) is 17.5. The Labute approximate surface area is 182 Å². The molecule has 1 unspecified atom stereocenters. The summed E-state index contributed by atoms with van der Waals surface area (Å²) >= 11 is 0. The Bertz CT molecular complexity index is 1020. The van der Waals surface area contributed by atoms with Crippen LogP contribution in [0.3, 0.4) is 0 Å². The minimum Gasteiger partial charge on any atom is -0.448 e. The molecule has 1 atom stereocenters. The number of imide groups is 1. The highest BCUT2D eigenvalue weighted by Gasteiger charge is 2.29. The quantitative estimate of drug-likeness (QED) is 0.592. The highest BCUT2D eigenvalue weighted by Crippen LogP contribution is 2.44. The number of nitrogens with one attached hydrogen (secondary N) is 2. The fourth-order valence-electron chi connectivity index (χ4n) is 4.08. The van der Waals surface area contributed by atoms with Crippen LogP contribution in [0.25, 0.3) is 11.1 Å². The number of carbonyl (C=O) groups excluding carboxylic acids is 2. The van der Waals surface area contributed by atoms with Crippen molar-refractivity contribution in [3.05, 3.63) is 95.6 Å². The standard InChI is InChI=1S/C26H26N2O3/c1-2-24(27-16-18-10-4-3-5-11-18)25(29)28-26(30)31-17-23-21-14-8-6-12-19(21)20-13-7-9-15-22(20)23/h3-15,23-24,27H,2,16-17H2,1H3,(H,28,29,30). The van der Waals surface area contributed by atoms with Crippen molar-refractivity contribution in [3.63, 3.8) is 0 Å². The first-order chi connectivity index (χ1) is 15.2. The van der Waals surface area contributed by atoms with E-state index in [4.69, 9.17) is 4.74 Å². The van der Waals surface area contributed by atoms with E-state index in [1.807, 2.05) is 61.5 Å². The van der Waals surface area contributed by atoms with Gasteiger partial charge < -0.3 is 10.1 Å². The van der Waals surface area contributed by atoms with Gasteiger partial charge in [0.25, 0.3) is 0 Å². The summed E-state index contributed by atoms with van der Waals surface area (Å²) in [6, 6.07) is 25.7. The molecule has 31 heavy (non-hydrogen) atoms. The maximum absolute atomic E-state index is 12.5. The van der Waals surface area contributed by atoms with E-state index in [-0.39, 0.29) is 18.4 Å². The lowest BCUT2D eigenvalue weighted by molar-refractivity contribution is -0.122. The van der Waals surface area contributed by atoms with E-state index in [0.717, 1.165) is 16.7 Å². The topological polar surface area (TPSA) is 67.4 Å². The first-order valence-corrected chi connectivity index (χ1v) is 10.6. The molecule has 0 saturated heterocycles. The molecule has 0 fully saturated rings. The van der Waals surface area contributed by atoms with Gasteiger partial charge in [-0.1, -0.05) is 85.8 Å². The van der Waals surface area contributed by atoms with Gasteiger partial charge in [-0.05, 0) is 34.2 Å². The smallest absolute Gasteiger partial charge is 0.413 e. The summed E-state index contributed by atoms with van der Waals surface area (Å²) in [6.45, 7) is 2.64. The molecule has 1 aliphatic carbocycles. The van der Waals surface area contributed by atoms with E-state index in [9.17, 15) is 9.59 Å². The van der Waals surface area contributed by atoms with Crippen LogP contribution in [-0.2, 0) is 16.1 Å². The Morgan fingerprint density at radius 2 is 1.45 bits per heavy atom. The van der Waals surface area contributed by atoms with Crippen molar-refractivity contribution in [1.29, 1.82) is 0 Å². The van der Waals surface area contributed by atoms with Crippen LogP contribution in [0.15, 0.2) is 78.9 Å². The number of ether oxygens (including phenoxy) is 1. The third kappa shape index (κ3) is 4.67. The van der Waals surface area contributed by atoms with E-state index in [2.05, 4.69) is 34.9 Å². The highest BCUT2D eigenvalue weighted by molar-refractivity contribution is 5.94. The molecule has 3 aromatic carbocycles. The number of amides is 2. The van der Waals surface area contributed by atoms with Crippen LogP contribution in [0.2, 0.25) is 0 Å². The Morgan fingerprint density at radius 3 is 2.06 bits per heavy atom. The van der Waals surface area contributed by atoms with Crippen LogP contribution < -0.4 is 10.6 Å². The predicted octanol–water partition coefficient (Wildman–Crippen LogP) is 4.62. The van der Waals surface area contributed by atoms with Crippen LogP contribution in [-0.4, -0.2) is 24.6 Å². The van der Waals surface area contributed by atoms with Crippen molar-refractivity contribution in [2.24, 2.45) is 0 Å². The van der Waals surface area contributed by atoms with Crippen molar-refractivity contribution < 1.29 is 14.3 Å². The number of carbonyl (C=O) groups is 2. The Morgan fingerprint density at radius 1 is 0.871 bits per heavy atom. The molecule has 3 aromatic rings. The zero-order valence-corrected chi connectivity index (χ0v) is 17.5. The third-order valence-corrected chi connectivity index (χ3v) is 5.69. The van der Waals surface area contributed by atoms with Gasteiger partial charge in [-0.25, -0.2) is 4.79 Å². The van der Waals surface area contributed by atoms with Gasteiger partial charge >= 0.3 is 6.09 Å². The average molecular weight is 415 g/mol. The molecule has 2 amide bonds. The highest BCUT2D eigenvalue weighted by atomic mass is 16.5. The first-order valence-electron chi connectivity index (χ1n) is 10.6. The lowest BCUT2D eigenvalue weighted by Gasteiger charge is -2.17. The molecule has 2 N–H and O–H groups in total. The van der Waals surface area contributed by atoms with Crippen LogP contribution >= 0.6 is 0 Å². The van der Waals surface area contributed by atoms with Crippen LogP contribution in [0, 0.1) is 0 Å². The number of rotatable bonds is 7. The maximum atomic E-state index is 12.5. The van der Waals surface area contributed by atoms with Crippen molar-refractivity contribution in [2.75, 3.05) is 6.61 Å². The van der Waals surface area contributed by atoms with E-state index >= 15 is 0 Å². The average Bonchev–Trinajstić information content (AvgIpc) is 3.12. The van der Waals surface area contributed by atoms with E-state index in [1.165, 1.54) is 11.1 Å². The summed E-state index contributed by atoms with van der Waals surface area (Å²) in [6.07, 6.45) is -0.151. The van der Waals surface area contributed by atoms with Crippen molar-refractivity contribution in [1.82, 2.24) is 10.6 Å². The second-order valence-corrected chi connectivity index (χ2v) is 7.64. The van der Waals surface area contributed by atoms with Gasteiger partial charge in [0, 0.05) is 12.5 Å². The number of benzene rings is 3. The number of hydrogen-bond acceptors (Lipinski definition) is 4. The third-order valence-electron chi connectivity index (χ3n) is 5.69. The van der Waals surface area contributed by atoms with E-state index in [1.54, 1.807) is 0 Å². The fourth-order valence-corrected chi connectivity index (χ4v) is 4.08. The van der Waals surface area contributed by atoms with Crippen molar-refractivity contribution >= 4 is 12.0 Å². The number of fused-ring (bicyclic) bond motifs is 3. The van der Waals surface area contributed by atoms with E-state index in [0.29, 0.717) is 13.0 Å². The summed E-state index contributed by atoms with van der Waals surface area (Å²) in [5.74, 6) is -0.415. The summed E-state index contributed by atoms with van der Waals surface area (Å²) in [7, 11) is 0. The second kappa shape index (κ2) is 9.58. The van der Waals surface area contributed by atoms with Gasteiger partial charge in [0.05, 0.1) is 6.04 Å². The minimum atomic E-state index is -0.716. The largest absolute Gasteiger partial charge is 0.448 e. The van der Waals surface area contributed by atoms with Gasteiger partial charge in [0.2, 0.25) is 5.91 Å². The molecule has 4 rings (SSSR count). The SMILES string of the molecule is CCC(NCc1ccccc1)C(=O)NC(=O)OCC1c2ccccc2-c2ccccc21. The van der Waals surface area contributed by atoms with Crippen molar-refractivity contribution in [3.8, 4) is 11.1 Å². The number of hydrogen-bond donors (Lipinski definition) is 2. The van der Waals surface area contributed by atoms with Crippen LogP contribution in [0.4, 0.5) is 4.79 Å². The van der Waals surface area contributed by atoms with Crippen LogP contribution in [0.1, 0.15) is 36.0 Å². The van der Waals surface area contributed by atoms with Gasteiger partial charge in [0.15, 0.2) is 0 Å². The number of alkyl carbamates (subject to hydrolysis) is 1. The lowest BCUT2D eigenvalue weighted by Crippen LogP contribution is -2.46. The Balaban J connectivity index is 1.34. The minimum absolute atomic E-state index is 0.0357. The fraction of sp³-hybridized carbons (Fsp3) is 0.231. The molecule has 0 radical (unpaired) electrons. The molecule has 5 heteroatoms. The van der Waals surface area contributed by atoms with Crippen LogP contribution in [0.5, 0.6) is 0 Å². The predicted molar refractivity (Wildman–Crippen MR) is 121 cm³/mol.